The van der Waals surface area contributed by atoms with E-state index in [1.54, 1.807) is 6.07 Å². The van der Waals surface area contributed by atoms with Crippen LogP contribution in [0, 0.1) is 6.92 Å². The fourth-order valence-corrected chi connectivity index (χ4v) is 2.27. The number of rotatable bonds is 5. The van der Waals surface area contributed by atoms with Crippen LogP contribution >= 0.6 is 0 Å². The van der Waals surface area contributed by atoms with Gasteiger partial charge in [0, 0.05) is 13.1 Å². The van der Waals surface area contributed by atoms with Crippen molar-refractivity contribution in [1.82, 2.24) is 4.90 Å². The molecule has 0 spiro atoms. The molecule has 0 fully saturated rings. The van der Waals surface area contributed by atoms with Crippen LogP contribution in [0.4, 0.5) is 5.69 Å². The first-order valence-electron chi connectivity index (χ1n) is 6.94. The lowest BCUT2D eigenvalue weighted by molar-refractivity contribution is 0.271. The maximum absolute atomic E-state index is 9.47. The predicted octanol–water partition coefficient (Wildman–Crippen LogP) is 3.30. The van der Waals surface area contributed by atoms with Gasteiger partial charge >= 0.3 is 0 Å². The van der Waals surface area contributed by atoms with Gasteiger partial charge in [0.05, 0.1) is 5.69 Å². The normalized spacial score (nSPS) is 10.9. The molecule has 3 nitrogen and oxygen atoms in total. The highest BCUT2D eigenvalue weighted by atomic mass is 16.3. The van der Waals surface area contributed by atoms with E-state index in [-0.39, 0.29) is 5.75 Å². The summed E-state index contributed by atoms with van der Waals surface area (Å²) in [4.78, 5) is 2.36. The summed E-state index contributed by atoms with van der Waals surface area (Å²) < 4.78 is 0. The van der Waals surface area contributed by atoms with Gasteiger partial charge in [-0.05, 0) is 42.3 Å². The molecule has 0 bridgehead atoms. The van der Waals surface area contributed by atoms with Crippen LogP contribution in [-0.2, 0) is 13.1 Å². The first kappa shape index (κ1) is 14.4. The Labute approximate surface area is 120 Å². The van der Waals surface area contributed by atoms with Gasteiger partial charge in [-0.2, -0.15) is 0 Å². The number of phenols is 1. The van der Waals surface area contributed by atoms with E-state index in [4.69, 9.17) is 5.73 Å². The molecule has 0 saturated heterocycles. The average molecular weight is 270 g/mol. The number of aromatic hydroxyl groups is 1. The van der Waals surface area contributed by atoms with Gasteiger partial charge in [-0.3, -0.25) is 4.90 Å². The molecular formula is C17H22N2O. The summed E-state index contributed by atoms with van der Waals surface area (Å²) in [5, 5.41) is 9.47. The second kappa shape index (κ2) is 6.44. The van der Waals surface area contributed by atoms with Gasteiger partial charge in [0.25, 0.3) is 0 Å². The number of anilines is 1. The van der Waals surface area contributed by atoms with Gasteiger partial charge in [-0.15, -0.1) is 0 Å². The first-order chi connectivity index (χ1) is 9.60. The summed E-state index contributed by atoms with van der Waals surface area (Å²) in [6, 6.07) is 13.9. The molecule has 2 aromatic carbocycles. The molecule has 0 aliphatic heterocycles. The van der Waals surface area contributed by atoms with E-state index < -0.39 is 0 Å². The number of hydrogen-bond donors (Lipinski definition) is 2. The van der Waals surface area contributed by atoms with Gasteiger partial charge in [-0.25, -0.2) is 0 Å². The summed E-state index contributed by atoms with van der Waals surface area (Å²) >= 11 is 0. The standard InChI is InChI=1S/C17H22N2O/c1-3-19(12-15-7-5-4-6-13(15)2)11-14-8-9-17(20)16(18)10-14/h4-10,20H,3,11-12,18H2,1-2H3. The second-order valence-corrected chi connectivity index (χ2v) is 5.12. The Bertz CT molecular complexity index is 581. The van der Waals surface area contributed by atoms with Crippen molar-refractivity contribution in [3.05, 3.63) is 59.2 Å². The SMILES string of the molecule is CCN(Cc1ccc(O)c(N)c1)Cc1ccccc1C. The Hall–Kier alpha value is -2.00. The highest BCUT2D eigenvalue weighted by molar-refractivity contribution is 5.53. The van der Waals surface area contributed by atoms with Crippen molar-refractivity contribution in [2.45, 2.75) is 26.9 Å². The molecule has 0 aliphatic carbocycles. The zero-order chi connectivity index (χ0) is 14.5. The predicted molar refractivity (Wildman–Crippen MR) is 83.5 cm³/mol. The first-order valence-corrected chi connectivity index (χ1v) is 6.94. The lowest BCUT2D eigenvalue weighted by atomic mass is 10.1. The summed E-state index contributed by atoms with van der Waals surface area (Å²) in [6.07, 6.45) is 0. The number of aryl methyl sites for hydroxylation is 1. The molecule has 106 valence electrons. The van der Waals surface area contributed by atoms with Gasteiger partial charge in [-0.1, -0.05) is 37.3 Å². The molecule has 0 heterocycles. The van der Waals surface area contributed by atoms with Gasteiger partial charge in [0.15, 0.2) is 0 Å². The minimum Gasteiger partial charge on any atom is -0.506 e. The molecule has 0 aliphatic rings. The number of nitrogens with zero attached hydrogens (tertiary/aromatic N) is 1. The van der Waals surface area contributed by atoms with Crippen LogP contribution in [0.2, 0.25) is 0 Å². The minimum absolute atomic E-state index is 0.149. The Kier molecular flexibility index (Phi) is 4.64. The Morgan fingerprint density at radius 1 is 1.10 bits per heavy atom. The van der Waals surface area contributed by atoms with E-state index in [1.807, 2.05) is 12.1 Å². The van der Waals surface area contributed by atoms with E-state index in [0.717, 1.165) is 25.2 Å². The van der Waals surface area contributed by atoms with Crippen molar-refractivity contribution in [3.63, 3.8) is 0 Å². The smallest absolute Gasteiger partial charge is 0.138 e. The third kappa shape index (κ3) is 3.52. The molecule has 3 N–H and O–H groups in total. The van der Waals surface area contributed by atoms with Crippen LogP contribution in [0.15, 0.2) is 42.5 Å². The molecule has 0 radical (unpaired) electrons. The van der Waals surface area contributed by atoms with Crippen molar-refractivity contribution >= 4 is 5.69 Å². The quantitative estimate of drug-likeness (QED) is 0.647. The summed E-state index contributed by atoms with van der Waals surface area (Å²) in [6.45, 7) is 7.01. The summed E-state index contributed by atoms with van der Waals surface area (Å²) in [5.74, 6) is 0.149. The maximum atomic E-state index is 9.47. The number of hydrogen-bond acceptors (Lipinski definition) is 3. The third-order valence-corrected chi connectivity index (χ3v) is 3.60. The lowest BCUT2D eigenvalue weighted by Gasteiger charge is -2.22. The minimum atomic E-state index is 0.149. The van der Waals surface area contributed by atoms with Crippen molar-refractivity contribution in [2.75, 3.05) is 12.3 Å². The molecule has 2 rings (SSSR count). The van der Waals surface area contributed by atoms with Crippen LogP contribution in [0.5, 0.6) is 5.75 Å². The van der Waals surface area contributed by atoms with Gasteiger partial charge in [0.1, 0.15) is 5.75 Å². The van der Waals surface area contributed by atoms with Gasteiger partial charge in [0.2, 0.25) is 0 Å². The molecule has 0 saturated carbocycles. The summed E-state index contributed by atoms with van der Waals surface area (Å²) in [5.41, 5.74) is 9.97. The van der Waals surface area contributed by atoms with Crippen molar-refractivity contribution in [2.24, 2.45) is 0 Å². The highest BCUT2D eigenvalue weighted by Crippen LogP contribution is 2.22. The van der Waals surface area contributed by atoms with E-state index in [1.165, 1.54) is 11.1 Å². The van der Waals surface area contributed by atoms with Crippen molar-refractivity contribution in [3.8, 4) is 5.75 Å². The zero-order valence-electron chi connectivity index (χ0n) is 12.1. The highest BCUT2D eigenvalue weighted by Gasteiger charge is 2.08. The second-order valence-electron chi connectivity index (χ2n) is 5.12. The van der Waals surface area contributed by atoms with Crippen LogP contribution in [-0.4, -0.2) is 16.6 Å². The fourth-order valence-electron chi connectivity index (χ4n) is 2.27. The molecule has 20 heavy (non-hydrogen) atoms. The Morgan fingerprint density at radius 3 is 2.50 bits per heavy atom. The number of nitrogen functional groups attached to an aromatic ring is 1. The molecular weight excluding hydrogens is 248 g/mol. The van der Waals surface area contributed by atoms with Crippen LogP contribution in [0.1, 0.15) is 23.6 Å². The lowest BCUT2D eigenvalue weighted by Crippen LogP contribution is -2.22. The Balaban J connectivity index is 2.09. The molecule has 0 amide bonds. The van der Waals surface area contributed by atoms with Crippen LogP contribution in [0.3, 0.4) is 0 Å². The van der Waals surface area contributed by atoms with Crippen LogP contribution in [0.25, 0.3) is 0 Å². The maximum Gasteiger partial charge on any atom is 0.138 e. The van der Waals surface area contributed by atoms with Gasteiger partial charge < -0.3 is 10.8 Å². The molecule has 3 heteroatoms. The topological polar surface area (TPSA) is 49.5 Å². The molecule has 0 atom stereocenters. The zero-order valence-corrected chi connectivity index (χ0v) is 12.1. The number of benzene rings is 2. The van der Waals surface area contributed by atoms with Crippen LogP contribution < -0.4 is 5.73 Å². The monoisotopic (exact) mass is 270 g/mol. The fraction of sp³-hybridized carbons (Fsp3) is 0.294. The third-order valence-electron chi connectivity index (χ3n) is 3.60. The molecule has 2 aromatic rings. The summed E-state index contributed by atoms with van der Waals surface area (Å²) in [7, 11) is 0. The number of phenolic OH excluding ortho intramolecular Hbond substituents is 1. The molecule has 0 aromatic heterocycles. The number of nitrogens with two attached hydrogens (primary N) is 1. The Morgan fingerprint density at radius 2 is 1.85 bits per heavy atom. The van der Waals surface area contributed by atoms with E-state index in [2.05, 4.69) is 43.0 Å². The van der Waals surface area contributed by atoms with E-state index in [9.17, 15) is 5.11 Å². The van der Waals surface area contributed by atoms with Crippen molar-refractivity contribution in [1.29, 1.82) is 0 Å². The van der Waals surface area contributed by atoms with Crippen molar-refractivity contribution < 1.29 is 5.11 Å². The average Bonchev–Trinajstić information content (AvgIpc) is 2.44. The largest absolute Gasteiger partial charge is 0.506 e. The van der Waals surface area contributed by atoms with E-state index in [0.29, 0.717) is 5.69 Å². The van der Waals surface area contributed by atoms with E-state index >= 15 is 0 Å². The molecule has 0 unspecified atom stereocenters.